The fourth-order valence-corrected chi connectivity index (χ4v) is 7.46. The van der Waals surface area contributed by atoms with Gasteiger partial charge < -0.3 is 0 Å². The summed E-state index contributed by atoms with van der Waals surface area (Å²) in [6.45, 7) is 0. The second kappa shape index (κ2) is 11.8. The van der Waals surface area contributed by atoms with Crippen molar-refractivity contribution < 1.29 is 0 Å². The summed E-state index contributed by atoms with van der Waals surface area (Å²) < 4.78 is 0. The summed E-state index contributed by atoms with van der Waals surface area (Å²) >= 11 is 0. The Morgan fingerprint density at radius 1 is 0.292 bits per heavy atom. The fraction of sp³-hybridized carbons (Fsp3) is 0. The lowest BCUT2D eigenvalue weighted by atomic mass is 9.76. The van der Waals surface area contributed by atoms with Crippen LogP contribution in [0, 0.1) is 0 Å². The minimum Gasteiger partial charge on any atom is -0.256 e. The van der Waals surface area contributed by atoms with Crippen molar-refractivity contribution in [2.75, 3.05) is 0 Å². The molecule has 0 saturated carbocycles. The first-order chi connectivity index (χ1) is 23.9. The SMILES string of the molecule is c1ccc(-c2c(-c3ccccc3)c(-c3ccccc3)c3c(-c4nccc5ccccc45)c4ccccc4cc3c2-c2ccccc2)cc1. The topological polar surface area (TPSA) is 12.9 Å². The largest absolute Gasteiger partial charge is 0.256 e. The Bertz CT molecular complexity index is 2570. The second-order valence-corrected chi connectivity index (χ2v) is 12.2. The van der Waals surface area contributed by atoms with Crippen molar-refractivity contribution >= 4 is 32.3 Å². The highest BCUT2D eigenvalue weighted by Gasteiger charge is 2.27. The normalized spacial score (nSPS) is 11.3. The Morgan fingerprint density at radius 3 is 1.31 bits per heavy atom. The molecule has 0 N–H and O–H groups in total. The average Bonchev–Trinajstić information content (AvgIpc) is 3.17. The lowest BCUT2D eigenvalue weighted by Gasteiger charge is -2.26. The Labute approximate surface area is 280 Å². The van der Waals surface area contributed by atoms with E-state index in [9.17, 15) is 0 Å². The molecule has 0 fully saturated rings. The van der Waals surface area contributed by atoms with Gasteiger partial charge in [0.2, 0.25) is 0 Å². The van der Waals surface area contributed by atoms with Crippen LogP contribution in [-0.2, 0) is 0 Å². The molecule has 1 nitrogen and oxygen atoms in total. The summed E-state index contributed by atoms with van der Waals surface area (Å²) in [4.78, 5) is 5.20. The predicted octanol–water partition coefficient (Wildman–Crippen LogP) is 12.9. The van der Waals surface area contributed by atoms with E-state index in [1.165, 1.54) is 71.4 Å². The molecule has 0 atom stereocenters. The summed E-state index contributed by atoms with van der Waals surface area (Å²) in [7, 11) is 0. The Hall–Kier alpha value is -6.31. The van der Waals surface area contributed by atoms with Crippen LogP contribution in [0.5, 0.6) is 0 Å². The van der Waals surface area contributed by atoms with E-state index in [0.717, 1.165) is 16.6 Å². The zero-order chi connectivity index (χ0) is 31.9. The molecular formula is C47H31N. The molecule has 0 spiro atoms. The van der Waals surface area contributed by atoms with E-state index < -0.39 is 0 Å². The van der Waals surface area contributed by atoms with Crippen molar-refractivity contribution in [2.45, 2.75) is 0 Å². The van der Waals surface area contributed by atoms with Crippen LogP contribution in [0.15, 0.2) is 188 Å². The van der Waals surface area contributed by atoms with Crippen molar-refractivity contribution in [2.24, 2.45) is 0 Å². The number of hydrogen-bond acceptors (Lipinski definition) is 1. The molecule has 1 heteroatoms. The van der Waals surface area contributed by atoms with Crippen LogP contribution >= 0.6 is 0 Å². The Morgan fingerprint density at radius 2 is 0.729 bits per heavy atom. The molecule has 0 aliphatic carbocycles. The van der Waals surface area contributed by atoms with Gasteiger partial charge in [-0.1, -0.05) is 170 Å². The van der Waals surface area contributed by atoms with Crippen LogP contribution in [0.1, 0.15) is 0 Å². The quantitative estimate of drug-likeness (QED) is 0.177. The first kappa shape index (κ1) is 28.0. The molecule has 8 aromatic carbocycles. The third-order valence-electron chi connectivity index (χ3n) is 9.48. The van der Waals surface area contributed by atoms with Crippen LogP contribution in [0.2, 0.25) is 0 Å². The van der Waals surface area contributed by atoms with E-state index >= 15 is 0 Å². The van der Waals surface area contributed by atoms with Crippen molar-refractivity contribution in [1.82, 2.24) is 4.98 Å². The minimum atomic E-state index is 0.998. The molecular weight excluding hydrogens is 579 g/mol. The number of benzene rings is 8. The lowest BCUT2D eigenvalue weighted by Crippen LogP contribution is -2.00. The van der Waals surface area contributed by atoms with Gasteiger partial charge >= 0.3 is 0 Å². The van der Waals surface area contributed by atoms with Crippen LogP contribution in [0.25, 0.3) is 88.1 Å². The average molecular weight is 610 g/mol. The van der Waals surface area contributed by atoms with Crippen molar-refractivity contribution in [3.05, 3.63) is 188 Å². The molecule has 48 heavy (non-hydrogen) atoms. The number of aromatic nitrogens is 1. The van der Waals surface area contributed by atoms with Gasteiger partial charge in [-0.15, -0.1) is 0 Å². The number of hydrogen-bond donors (Lipinski definition) is 0. The van der Waals surface area contributed by atoms with Gasteiger partial charge in [0.1, 0.15) is 0 Å². The van der Waals surface area contributed by atoms with Gasteiger partial charge in [0.25, 0.3) is 0 Å². The highest BCUT2D eigenvalue weighted by molar-refractivity contribution is 6.27. The van der Waals surface area contributed by atoms with E-state index in [1.54, 1.807) is 0 Å². The van der Waals surface area contributed by atoms with Gasteiger partial charge in [-0.25, -0.2) is 0 Å². The molecule has 0 bridgehead atoms. The maximum atomic E-state index is 5.20. The first-order valence-electron chi connectivity index (χ1n) is 16.5. The van der Waals surface area contributed by atoms with Crippen LogP contribution < -0.4 is 0 Å². The van der Waals surface area contributed by atoms with Gasteiger partial charge in [-0.2, -0.15) is 0 Å². The molecule has 0 aliphatic heterocycles. The van der Waals surface area contributed by atoms with E-state index in [-0.39, 0.29) is 0 Å². The molecule has 224 valence electrons. The molecule has 0 amide bonds. The number of rotatable bonds is 5. The van der Waals surface area contributed by atoms with Crippen LogP contribution in [0.3, 0.4) is 0 Å². The third kappa shape index (κ3) is 4.60. The monoisotopic (exact) mass is 609 g/mol. The molecule has 0 saturated heterocycles. The molecule has 1 heterocycles. The fourth-order valence-electron chi connectivity index (χ4n) is 7.46. The van der Waals surface area contributed by atoms with Gasteiger partial charge in [0, 0.05) is 22.5 Å². The van der Waals surface area contributed by atoms with Gasteiger partial charge in [-0.05, 0) is 78.2 Å². The minimum absolute atomic E-state index is 0.998. The van der Waals surface area contributed by atoms with Gasteiger partial charge in [0.05, 0.1) is 5.69 Å². The summed E-state index contributed by atoms with van der Waals surface area (Å²) in [6, 6.07) is 65.6. The van der Waals surface area contributed by atoms with E-state index in [4.69, 9.17) is 4.98 Å². The van der Waals surface area contributed by atoms with Crippen molar-refractivity contribution in [1.29, 1.82) is 0 Å². The van der Waals surface area contributed by atoms with E-state index in [2.05, 4.69) is 182 Å². The third-order valence-corrected chi connectivity index (χ3v) is 9.48. The standard InChI is InChI=1S/C47H31N/c1-5-18-33(19-6-1)41-40-31-37-26-14-15-27-38(37)46(47-39-28-16-13-17-32(39)29-30-48-47)45(40)44(36-24-11-4-12-25-36)43(35-22-9-3-10-23-35)42(41)34-20-7-2-8-21-34/h1-31H. The molecule has 0 aliphatic rings. The van der Waals surface area contributed by atoms with Gasteiger partial charge in [-0.3, -0.25) is 4.98 Å². The summed E-state index contributed by atoms with van der Waals surface area (Å²) in [6.07, 6.45) is 1.96. The molecule has 0 radical (unpaired) electrons. The molecule has 9 rings (SSSR count). The van der Waals surface area contributed by atoms with Gasteiger partial charge in [0.15, 0.2) is 0 Å². The predicted molar refractivity (Wildman–Crippen MR) is 204 cm³/mol. The highest BCUT2D eigenvalue weighted by atomic mass is 14.7. The summed E-state index contributed by atoms with van der Waals surface area (Å²) in [5.41, 5.74) is 11.8. The first-order valence-corrected chi connectivity index (χ1v) is 16.5. The second-order valence-electron chi connectivity index (χ2n) is 12.2. The zero-order valence-electron chi connectivity index (χ0n) is 26.3. The maximum absolute atomic E-state index is 5.20. The summed E-state index contributed by atoms with van der Waals surface area (Å²) in [5, 5.41) is 7.13. The van der Waals surface area contributed by atoms with E-state index in [0.29, 0.717) is 0 Å². The number of pyridine rings is 1. The summed E-state index contributed by atoms with van der Waals surface area (Å²) in [5.74, 6) is 0. The smallest absolute Gasteiger partial charge is 0.0792 e. The molecule has 9 aromatic rings. The van der Waals surface area contributed by atoms with Crippen molar-refractivity contribution in [3.63, 3.8) is 0 Å². The Balaban J connectivity index is 1.64. The molecule has 1 aromatic heterocycles. The van der Waals surface area contributed by atoms with Crippen LogP contribution in [-0.4, -0.2) is 4.98 Å². The number of fused-ring (bicyclic) bond motifs is 3. The van der Waals surface area contributed by atoms with Crippen molar-refractivity contribution in [3.8, 4) is 55.8 Å². The maximum Gasteiger partial charge on any atom is 0.0792 e. The van der Waals surface area contributed by atoms with Crippen LogP contribution in [0.4, 0.5) is 0 Å². The lowest BCUT2D eigenvalue weighted by molar-refractivity contribution is 1.37. The number of nitrogens with zero attached hydrogens (tertiary/aromatic N) is 1. The van der Waals surface area contributed by atoms with E-state index in [1.807, 2.05) is 6.20 Å². The zero-order valence-corrected chi connectivity index (χ0v) is 26.3. The highest BCUT2D eigenvalue weighted by Crippen LogP contribution is 2.54. The molecule has 0 unspecified atom stereocenters. The Kier molecular flexibility index (Phi) is 6.87.